The monoisotopic (exact) mass is 274 g/mol. The van der Waals surface area contributed by atoms with Gasteiger partial charge in [0, 0.05) is 5.69 Å². The van der Waals surface area contributed by atoms with E-state index in [4.69, 9.17) is 5.73 Å². The van der Waals surface area contributed by atoms with Crippen LogP contribution in [0.15, 0.2) is 24.3 Å². The number of carbonyl (C=O) groups excluding carboxylic acids is 1. The normalized spacial score (nSPS) is 13.1. The van der Waals surface area contributed by atoms with Gasteiger partial charge in [-0.2, -0.15) is 13.2 Å². The Morgan fingerprint density at radius 2 is 2.11 bits per heavy atom. The highest BCUT2D eigenvalue weighted by Crippen LogP contribution is 2.22. The third-order valence-electron chi connectivity index (χ3n) is 2.54. The molecule has 1 rings (SSSR count). The van der Waals surface area contributed by atoms with Crippen molar-refractivity contribution in [1.82, 2.24) is 0 Å². The van der Waals surface area contributed by atoms with Gasteiger partial charge in [-0.1, -0.05) is 25.5 Å². The molecule has 0 aliphatic heterocycles. The number of halogens is 3. The maximum Gasteiger partial charge on any atom is 0.393 e. The van der Waals surface area contributed by atoms with Crippen LogP contribution in [-0.2, 0) is 11.2 Å². The zero-order valence-electron chi connectivity index (χ0n) is 10.6. The minimum Gasteiger partial charge on any atom is -0.325 e. The van der Waals surface area contributed by atoms with Crippen LogP contribution in [0.3, 0.4) is 0 Å². The molecule has 0 saturated heterocycles. The summed E-state index contributed by atoms with van der Waals surface area (Å²) < 4.78 is 36.8. The molecule has 0 aromatic heterocycles. The van der Waals surface area contributed by atoms with E-state index in [1.165, 1.54) is 24.3 Å². The van der Waals surface area contributed by atoms with Crippen molar-refractivity contribution in [3.8, 4) is 0 Å². The number of rotatable bonds is 5. The van der Waals surface area contributed by atoms with Gasteiger partial charge < -0.3 is 11.1 Å². The van der Waals surface area contributed by atoms with Gasteiger partial charge in [-0.05, 0) is 24.1 Å². The average molecular weight is 274 g/mol. The van der Waals surface area contributed by atoms with Crippen LogP contribution in [0.5, 0.6) is 0 Å². The number of hydrogen-bond acceptors (Lipinski definition) is 2. The standard InChI is InChI=1S/C13H17F3N2O/c1-2-4-11(17)12(19)18-10-6-3-5-9(7-10)8-13(14,15)16/h3,5-7,11H,2,4,8,17H2,1H3,(H,18,19). The molecule has 19 heavy (non-hydrogen) atoms. The van der Waals surface area contributed by atoms with Crippen molar-refractivity contribution in [2.45, 2.75) is 38.4 Å². The maximum absolute atomic E-state index is 12.3. The fourth-order valence-electron chi connectivity index (χ4n) is 1.67. The van der Waals surface area contributed by atoms with Gasteiger partial charge in [-0.15, -0.1) is 0 Å². The molecule has 1 unspecified atom stereocenters. The van der Waals surface area contributed by atoms with Crippen LogP contribution >= 0.6 is 0 Å². The number of carbonyl (C=O) groups is 1. The Hall–Kier alpha value is -1.56. The van der Waals surface area contributed by atoms with Crippen molar-refractivity contribution in [2.75, 3.05) is 5.32 Å². The second kappa shape index (κ2) is 6.56. The van der Waals surface area contributed by atoms with Crippen molar-refractivity contribution < 1.29 is 18.0 Å². The van der Waals surface area contributed by atoms with Gasteiger partial charge in [0.1, 0.15) is 0 Å². The summed E-state index contributed by atoms with van der Waals surface area (Å²) in [6.45, 7) is 1.90. The lowest BCUT2D eigenvalue weighted by Crippen LogP contribution is -2.35. The highest BCUT2D eigenvalue weighted by Gasteiger charge is 2.27. The van der Waals surface area contributed by atoms with E-state index in [1.807, 2.05) is 6.92 Å². The molecule has 1 atom stereocenters. The number of hydrogen-bond donors (Lipinski definition) is 2. The molecular weight excluding hydrogens is 257 g/mol. The quantitative estimate of drug-likeness (QED) is 0.867. The first kappa shape index (κ1) is 15.5. The summed E-state index contributed by atoms with van der Waals surface area (Å²) in [5.74, 6) is -0.383. The summed E-state index contributed by atoms with van der Waals surface area (Å²) >= 11 is 0. The van der Waals surface area contributed by atoms with E-state index in [0.717, 1.165) is 6.42 Å². The lowest BCUT2D eigenvalue weighted by molar-refractivity contribution is -0.127. The molecule has 1 aromatic carbocycles. The van der Waals surface area contributed by atoms with Crippen molar-refractivity contribution in [2.24, 2.45) is 5.73 Å². The van der Waals surface area contributed by atoms with Gasteiger partial charge >= 0.3 is 6.18 Å². The van der Waals surface area contributed by atoms with E-state index < -0.39 is 18.6 Å². The second-order valence-corrected chi connectivity index (χ2v) is 4.38. The van der Waals surface area contributed by atoms with E-state index in [-0.39, 0.29) is 11.5 Å². The summed E-state index contributed by atoms with van der Waals surface area (Å²) in [6.07, 6.45) is -3.98. The lowest BCUT2D eigenvalue weighted by atomic mass is 10.1. The van der Waals surface area contributed by atoms with Gasteiger partial charge in [0.25, 0.3) is 0 Å². The first-order valence-corrected chi connectivity index (χ1v) is 6.04. The van der Waals surface area contributed by atoms with Crippen LogP contribution in [0.2, 0.25) is 0 Å². The van der Waals surface area contributed by atoms with Crippen LogP contribution in [0.4, 0.5) is 18.9 Å². The summed E-state index contributed by atoms with van der Waals surface area (Å²) in [5.41, 5.74) is 6.06. The van der Waals surface area contributed by atoms with Crippen LogP contribution in [0, 0.1) is 0 Å². The van der Waals surface area contributed by atoms with Crippen molar-refractivity contribution in [3.63, 3.8) is 0 Å². The number of alkyl halides is 3. The molecule has 3 nitrogen and oxygen atoms in total. The Morgan fingerprint density at radius 1 is 1.42 bits per heavy atom. The SMILES string of the molecule is CCCC(N)C(=O)Nc1cccc(CC(F)(F)F)c1. The molecule has 0 radical (unpaired) electrons. The summed E-state index contributed by atoms with van der Waals surface area (Å²) in [4.78, 5) is 11.6. The van der Waals surface area contributed by atoms with Crippen molar-refractivity contribution in [3.05, 3.63) is 29.8 Å². The van der Waals surface area contributed by atoms with Crippen LogP contribution in [0.1, 0.15) is 25.3 Å². The predicted octanol–water partition coefficient (Wildman–Crippen LogP) is 2.86. The molecule has 0 fully saturated rings. The molecule has 0 bridgehead atoms. The zero-order chi connectivity index (χ0) is 14.5. The number of nitrogens with one attached hydrogen (secondary N) is 1. The smallest absolute Gasteiger partial charge is 0.325 e. The number of amides is 1. The van der Waals surface area contributed by atoms with Crippen molar-refractivity contribution in [1.29, 1.82) is 0 Å². The highest BCUT2D eigenvalue weighted by atomic mass is 19.4. The Morgan fingerprint density at radius 3 is 2.68 bits per heavy atom. The highest BCUT2D eigenvalue weighted by molar-refractivity contribution is 5.94. The zero-order valence-corrected chi connectivity index (χ0v) is 10.6. The van der Waals surface area contributed by atoms with Crippen molar-refractivity contribution >= 4 is 11.6 Å². The van der Waals surface area contributed by atoms with Gasteiger partial charge in [0.2, 0.25) is 5.91 Å². The van der Waals surface area contributed by atoms with E-state index in [0.29, 0.717) is 12.1 Å². The van der Waals surface area contributed by atoms with E-state index in [9.17, 15) is 18.0 Å². The Kier molecular flexibility index (Phi) is 5.35. The topological polar surface area (TPSA) is 55.1 Å². The Balaban J connectivity index is 2.69. The second-order valence-electron chi connectivity index (χ2n) is 4.38. The van der Waals surface area contributed by atoms with E-state index in [1.54, 1.807) is 0 Å². The number of benzene rings is 1. The number of anilines is 1. The molecule has 0 saturated carbocycles. The van der Waals surface area contributed by atoms with Gasteiger partial charge in [0.05, 0.1) is 12.5 Å². The van der Waals surface area contributed by atoms with Crippen LogP contribution in [0.25, 0.3) is 0 Å². The summed E-state index contributed by atoms with van der Waals surface area (Å²) in [5, 5.41) is 2.52. The predicted molar refractivity (Wildman–Crippen MR) is 67.7 cm³/mol. The minimum absolute atomic E-state index is 0.106. The molecule has 3 N–H and O–H groups in total. The molecule has 1 aromatic rings. The first-order chi connectivity index (χ1) is 8.81. The molecule has 106 valence electrons. The number of nitrogens with two attached hydrogens (primary N) is 1. The molecule has 0 heterocycles. The van der Waals surface area contributed by atoms with E-state index >= 15 is 0 Å². The molecule has 6 heteroatoms. The van der Waals surface area contributed by atoms with E-state index in [2.05, 4.69) is 5.32 Å². The minimum atomic E-state index is -4.26. The summed E-state index contributed by atoms with van der Waals surface area (Å²) in [6, 6.07) is 5.05. The fourth-order valence-corrected chi connectivity index (χ4v) is 1.67. The third-order valence-corrected chi connectivity index (χ3v) is 2.54. The van der Waals surface area contributed by atoms with Gasteiger partial charge in [-0.25, -0.2) is 0 Å². The Bertz CT molecular complexity index is 432. The Labute approximate surface area is 110 Å². The molecule has 0 aliphatic carbocycles. The molecular formula is C13H17F3N2O. The average Bonchev–Trinajstić information content (AvgIpc) is 2.27. The summed E-state index contributed by atoms with van der Waals surface area (Å²) in [7, 11) is 0. The third kappa shape index (κ3) is 5.74. The fraction of sp³-hybridized carbons (Fsp3) is 0.462. The van der Waals surface area contributed by atoms with Crippen LogP contribution < -0.4 is 11.1 Å². The molecule has 0 aliphatic rings. The van der Waals surface area contributed by atoms with Gasteiger partial charge in [0.15, 0.2) is 0 Å². The van der Waals surface area contributed by atoms with Crippen LogP contribution in [-0.4, -0.2) is 18.1 Å². The molecule has 0 spiro atoms. The largest absolute Gasteiger partial charge is 0.393 e. The first-order valence-electron chi connectivity index (χ1n) is 6.04. The molecule has 1 amide bonds. The lowest BCUT2D eigenvalue weighted by Gasteiger charge is -2.12. The maximum atomic E-state index is 12.3. The van der Waals surface area contributed by atoms with Gasteiger partial charge in [-0.3, -0.25) is 4.79 Å².